The lowest BCUT2D eigenvalue weighted by molar-refractivity contribution is -0.120. The number of anilines is 1. The molecule has 1 rings (SSSR count). The number of hydrogen-bond acceptors (Lipinski definition) is 4. The van der Waals surface area contributed by atoms with Gasteiger partial charge in [0.2, 0.25) is 15.9 Å². The van der Waals surface area contributed by atoms with E-state index in [0.717, 1.165) is 23.4 Å². The summed E-state index contributed by atoms with van der Waals surface area (Å²) in [5, 5.41) is 2.81. The maximum Gasteiger partial charge on any atom is 0.240 e. The Bertz CT molecular complexity index is 584. The highest BCUT2D eigenvalue weighted by Gasteiger charge is 2.21. The van der Waals surface area contributed by atoms with Crippen LogP contribution in [0.5, 0.6) is 5.75 Å². The molecule has 0 spiro atoms. The average molecular weight is 328 g/mol. The Labute approximate surface area is 132 Å². The van der Waals surface area contributed by atoms with Crippen LogP contribution in [0.4, 0.5) is 5.69 Å². The van der Waals surface area contributed by atoms with Crippen molar-refractivity contribution in [1.29, 1.82) is 0 Å². The van der Waals surface area contributed by atoms with Crippen molar-refractivity contribution >= 4 is 21.6 Å². The molecule has 6 nitrogen and oxygen atoms in total. The third-order valence-electron chi connectivity index (χ3n) is 3.18. The van der Waals surface area contributed by atoms with Gasteiger partial charge in [-0.15, -0.1) is 0 Å². The second kappa shape index (κ2) is 8.03. The number of nitrogens with one attached hydrogen (secondary N) is 1. The molecule has 22 heavy (non-hydrogen) atoms. The fourth-order valence-corrected chi connectivity index (χ4v) is 2.96. The van der Waals surface area contributed by atoms with Gasteiger partial charge in [0.15, 0.2) is 0 Å². The highest BCUT2D eigenvalue weighted by molar-refractivity contribution is 7.92. The molecule has 124 valence electrons. The van der Waals surface area contributed by atoms with E-state index in [4.69, 9.17) is 4.74 Å². The molecule has 0 aliphatic heterocycles. The molecule has 1 aromatic carbocycles. The van der Waals surface area contributed by atoms with Gasteiger partial charge in [0, 0.05) is 6.04 Å². The summed E-state index contributed by atoms with van der Waals surface area (Å²) >= 11 is 0. The van der Waals surface area contributed by atoms with Crippen LogP contribution in [0.1, 0.15) is 26.7 Å². The fraction of sp³-hybridized carbons (Fsp3) is 0.533. The van der Waals surface area contributed by atoms with Gasteiger partial charge in [0.05, 0.1) is 19.1 Å². The number of amides is 1. The minimum Gasteiger partial charge on any atom is -0.497 e. The minimum absolute atomic E-state index is 0.0229. The molecule has 0 radical (unpaired) electrons. The molecule has 7 heteroatoms. The van der Waals surface area contributed by atoms with Crippen molar-refractivity contribution in [3.63, 3.8) is 0 Å². The minimum atomic E-state index is -3.55. The van der Waals surface area contributed by atoms with Crippen LogP contribution in [0.15, 0.2) is 24.3 Å². The van der Waals surface area contributed by atoms with Gasteiger partial charge in [0.25, 0.3) is 0 Å². The van der Waals surface area contributed by atoms with E-state index in [9.17, 15) is 13.2 Å². The molecule has 0 saturated heterocycles. The Kier molecular flexibility index (Phi) is 6.67. The molecule has 1 atom stereocenters. The van der Waals surface area contributed by atoms with E-state index < -0.39 is 10.0 Å². The SMILES string of the molecule is CCC[C@H](C)NC(=O)CN(c1ccc(OC)cc1)S(C)(=O)=O. The number of hydrogen-bond donors (Lipinski definition) is 1. The smallest absolute Gasteiger partial charge is 0.240 e. The highest BCUT2D eigenvalue weighted by atomic mass is 32.2. The first-order chi connectivity index (χ1) is 10.3. The second-order valence-corrected chi connectivity index (χ2v) is 7.13. The van der Waals surface area contributed by atoms with Crippen LogP contribution in [0, 0.1) is 0 Å². The van der Waals surface area contributed by atoms with Gasteiger partial charge < -0.3 is 10.1 Å². The first-order valence-electron chi connectivity index (χ1n) is 7.19. The first kappa shape index (κ1) is 18.3. The molecule has 0 fully saturated rings. The normalized spacial score (nSPS) is 12.5. The summed E-state index contributed by atoms with van der Waals surface area (Å²) < 4.78 is 30.0. The quantitative estimate of drug-likeness (QED) is 0.789. The van der Waals surface area contributed by atoms with Gasteiger partial charge >= 0.3 is 0 Å². The predicted octanol–water partition coefficient (Wildman–Crippen LogP) is 1.77. The zero-order valence-corrected chi connectivity index (χ0v) is 14.3. The molecule has 0 aliphatic carbocycles. The monoisotopic (exact) mass is 328 g/mol. The zero-order valence-electron chi connectivity index (χ0n) is 13.5. The van der Waals surface area contributed by atoms with Crippen LogP contribution in [0.25, 0.3) is 0 Å². The van der Waals surface area contributed by atoms with Crippen molar-refractivity contribution in [1.82, 2.24) is 5.32 Å². The Morgan fingerprint density at radius 3 is 2.36 bits per heavy atom. The zero-order chi connectivity index (χ0) is 16.8. The van der Waals surface area contributed by atoms with E-state index in [1.165, 1.54) is 7.11 Å². The molecule has 0 heterocycles. The third kappa shape index (κ3) is 5.55. The summed E-state index contributed by atoms with van der Waals surface area (Å²) in [4.78, 5) is 12.0. The van der Waals surface area contributed by atoms with Crippen LogP contribution in [-0.4, -0.2) is 40.3 Å². The van der Waals surface area contributed by atoms with Gasteiger partial charge in [-0.3, -0.25) is 9.10 Å². The molecule has 1 amide bonds. The van der Waals surface area contributed by atoms with Crippen molar-refractivity contribution in [2.24, 2.45) is 0 Å². The van der Waals surface area contributed by atoms with E-state index in [-0.39, 0.29) is 18.5 Å². The van der Waals surface area contributed by atoms with E-state index in [1.807, 2.05) is 13.8 Å². The van der Waals surface area contributed by atoms with Crippen molar-refractivity contribution in [3.05, 3.63) is 24.3 Å². The standard InChI is InChI=1S/C15H24N2O4S/c1-5-6-12(2)16-15(18)11-17(22(4,19)20)13-7-9-14(21-3)10-8-13/h7-10,12H,5-6,11H2,1-4H3,(H,16,18)/t12-/m0/s1. The summed E-state index contributed by atoms with van der Waals surface area (Å²) in [6.07, 6.45) is 2.89. The maximum absolute atomic E-state index is 12.0. The van der Waals surface area contributed by atoms with Gasteiger partial charge in [-0.1, -0.05) is 13.3 Å². The number of nitrogens with zero attached hydrogens (tertiary/aromatic N) is 1. The van der Waals surface area contributed by atoms with Crippen molar-refractivity contribution in [2.45, 2.75) is 32.7 Å². The van der Waals surface area contributed by atoms with Crippen LogP contribution in [-0.2, 0) is 14.8 Å². The lowest BCUT2D eigenvalue weighted by Crippen LogP contribution is -2.43. The Balaban J connectivity index is 2.88. The number of sulfonamides is 1. The number of rotatable bonds is 8. The summed E-state index contributed by atoms with van der Waals surface area (Å²) in [6, 6.07) is 6.57. The Morgan fingerprint density at radius 1 is 1.32 bits per heavy atom. The summed E-state index contributed by atoms with van der Waals surface area (Å²) in [6.45, 7) is 3.70. The number of ether oxygens (including phenoxy) is 1. The van der Waals surface area contributed by atoms with Crippen molar-refractivity contribution in [3.8, 4) is 5.75 Å². The first-order valence-corrected chi connectivity index (χ1v) is 9.04. The Hall–Kier alpha value is -1.76. The van der Waals surface area contributed by atoms with E-state index in [2.05, 4.69) is 5.32 Å². The molecule has 0 aliphatic rings. The maximum atomic E-state index is 12.0. The molecule has 0 aromatic heterocycles. The fourth-order valence-electron chi connectivity index (χ4n) is 2.10. The number of benzene rings is 1. The van der Waals surface area contributed by atoms with Crippen LogP contribution in [0.3, 0.4) is 0 Å². The van der Waals surface area contributed by atoms with E-state index in [0.29, 0.717) is 11.4 Å². The topological polar surface area (TPSA) is 75.7 Å². The van der Waals surface area contributed by atoms with E-state index in [1.54, 1.807) is 24.3 Å². The van der Waals surface area contributed by atoms with Crippen molar-refractivity contribution in [2.75, 3.05) is 24.2 Å². The summed E-state index contributed by atoms with van der Waals surface area (Å²) in [7, 11) is -2.02. The number of carbonyl (C=O) groups excluding carboxylic acids is 1. The van der Waals surface area contributed by atoms with Gasteiger partial charge in [-0.2, -0.15) is 0 Å². The summed E-state index contributed by atoms with van der Waals surface area (Å²) in [5.41, 5.74) is 0.432. The summed E-state index contributed by atoms with van der Waals surface area (Å²) in [5.74, 6) is 0.306. The van der Waals surface area contributed by atoms with Crippen molar-refractivity contribution < 1.29 is 17.9 Å². The van der Waals surface area contributed by atoms with Gasteiger partial charge in [0.1, 0.15) is 12.3 Å². The van der Waals surface area contributed by atoms with Crippen LogP contribution < -0.4 is 14.4 Å². The van der Waals surface area contributed by atoms with Gasteiger partial charge in [-0.05, 0) is 37.6 Å². The molecule has 1 N–H and O–H groups in total. The van der Waals surface area contributed by atoms with E-state index >= 15 is 0 Å². The molecular formula is C15H24N2O4S. The lowest BCUT2D eigenvalue weighted by Gasteiger charge is -2.23. The molecule has 1 aromatic rings. The Morgan fingerprint density at radius 2 is 1.91 bits per heavy atom. The molecule has 0 bridgehead atoms. The predicted molar refractivity (Wildman–Crippen MR) is 87.7 cm³/mol. The third-order valence-corrected chi connectivity index (χ3v) is 4.32. The van der Waals surface area contributed by atoms with Crippen LogP contribution >= 0.6 is 0 Å². The lowest BCUT2D eigenvalue weighted by atomic mass is 10.2. The number of carbonyl (C=O) groups is 1. The van der Waals surface area contributed by atoms with Crippen LogP contribution in [0.2, 0.25) is 0 Å². The van der Waals surface area contributed by atoms with Gasteiger partial charge in [-0.25, -0.2) is 8.42 Å². The molecule has 0 unspecified atom stereocenters. The number of methoxy groups -OCH3 is 1. The highest BCUT2D eigenvalue weighted by Crippen LogP contribution is 2.21. The largest absolute Gasteiger partial charge is 0.497 e. The second-order valence-electron chi connectivity index (χ2n) is 5.22. The average Bonchev–Trinajstić information content (AvgIpc) is 2.44. The molecule has 0 saturated carbocycles. The molecular weight excluding hydrogens is 304 g/mol.